The average molecular weight is 639 g/mol. The third kappa shape index (κ3) is 4.56. The van der Waals surface area contributed by atoms with E-state index in [4.69, 9.17) is 9.40 Å². The van der Waals surface area contributed by atoms with Crippen molar-refractivity contribution in [3.63, 3.8) is 0 Å². The van der Waals surface area contributed by atoms with Gasteiger partial charge in [0.25, 0.3) is 0 Å². The van der Waals surface area contributed by atoms with Crippen molar-refractivity contribution in [2.75, 3.05) is 4.90 Å². The molecule has 0 aliphatic heterocycles. The summed E-state index contributed by atoms with van der Waals surface area (Å²) in [5.74, 6) is 0. The first-order valence-corrected chi connectivity index (χ1v) is 17.0. The Morgan fingerprint density at radius 2 is 1.10 bits per heavy atom. The van der Waals surface area contributed by atoms with Crippen LogP contribution < -0.4 is 4.90 Å². The number of pyridine rings is 1. The lowest BCUT2D eigenvalue weighted by Crippen LogP contribution is -2.11. The highest BCUT2D eigenvalue weighted by molar-refractivity contribution is 6.19. The molecule has 0 radical (unpaired) electrons. The molecular formula is C47H30N2O. The van der Waals surface area contributed by atoms with E-state index in [1.54, 1.807) is 0 Å². The van der Waals surface area contributed by atoms with Crippen molar-refractivity contribution in [2.24, 2.45) is 0 Å². The van der Waals surface area contributed by atoms with Gasteiger partial charge in [-0.3, -0.25) is 4.98 Å². The van der Waals surface area contributed by atoms with Crippen molar-refractivity contribution in [3.05, 3.63) is 182 Å². The van der Waals surface area contributed by atoms with E-state index in [-0.39, 0.29) is 0 Å². The van der Waals surface area contributed by atoms with Crippen LogP contribution in [0.5, 0.6) is 0 Å². The first-order chi connectivity index (χ1) is 24.8. The molecule has 0 amide bonds. The summed E-state index contributed by atoms with van der Waals surface area (Å²) >= 11 is 0. The lowest BCUT2D eigenvalue weighted by Gasteiger charge is -2.28. The number of nitrogens with zero attached hydrogens (tertiary/aromatic N) is 2. The van der Waals surface area contributed by atoms with Gasteiger partial charge < -0.3 is 9.32 Å². The fourth-order valence-corrected chi connectivity index (χ4v) is 7.52. The maximum Gasteiger partial charge on any atom is 0.146 e. The van der Waals surface area contributed by atoms with Crippen LogP contribution in [-0.4, -0.2) is 4.98 Å². The van der Waals surface area contributed by atoms with Gasteiger partial charge in [-0.1, -0.05) is 127 Å². The molecule has 3 heteroatoms. The molecule has 234 valence electrons. The van der Waals surface area contributed by atoms with Crippen LogP contribution in [0.4, 0.5) is 17.1 Å². The van der Waals surface area contributed by atoms with E-state index in [1.807, 2.05) is 24.4 Å². The Kier molecular flexibility index (Phi) is 6.49. The van der Waals surface area contributed by atoms with E-state index < -0.39 is 0 Å². The zero-order valence-electron chi connectivity index (χ0n) is 27.1. The summed E-state index contributed by atoms with van der Waals surface area (Å²) < 4.78 is 6.64. The topological polar surface area (TPSA) is 29.3 Å². The van der Waals surface area contributed by atoms with Crippen molar-refractivity contribution >= 4 is 71.4 Å². The van der Waals surface area contributed by atoms with E-state index in [9.17, 15) is 0 Å². The molecule has 0 aliphatic rings. The highest BCUT2D eigenvalue weighted by Crippen LogP contribution is 2.47. The summed E-state index contributed by atoms with van der Waals surface area (Å²) in [4.78, 5) is 7.24. The van der Waals surface area contributed by atoms with Gasteiger partial charge in [-0.05, 0) is 86.8 Å². The monoisotopic (exact) mass is 638 g/mol. The maximum atomic E-state index is 6.64. The maximum absolute atomic E-state index is 6.64. The van der Waals surface area contributed by atoms with Gasteiger partial charge in [0, 0.05) is 28.2 Å². The molecule has 10 rings (SSSR count). The summed E-state index contributed by atoms with van der Waals surface area (Å²) in [5, 5.41) is 7.96. The Bertz CT molecular complexity index is 2880. The minimum atomic E-state index is 0.830. The highest BCUT2D eigenvalue weighted by atomic mass is 16.3. The molecule has 0 atom stereocenters. The number of fused-ring (bicyclic) bond motifs is 7. The number of benzene rings is 8. The number of furan rings is 1. The summed E-state index contributed by atoms with van der Waals surface area (Å²) in [6.45, 7) is 0. The molecule has 0 aliphatic carbocycles. The molecule has 50 heavy (non-hydrogen) atoms. The molecule has 10 aromatic rings. The van der Waals surface area contributed by atoms with Gasteiger partial charge in [-0.15, -0.1) is 0 Å². The minimum Gasteiger partial charge on any atom is -0.455 e. The van der Waals surface area contributed by atoms with Crippen molar-refractivity contribution in [1.82, 2.24) is 4.98 Å². The van der Waals surface area contributed by atoms with Crippen molar-refractivity contribution < 1.29 is 4.42 Å². The van der Waals surface area contributed by atoms with Crippen LogP contribution in [0.3, 0.4) is 0 Å². The van der Waals surface area contributed by atoms with E-state index in [0.29, 0.717) is 0 Å². The quantitative estimate of drug-likeness (QED) is 0.188. The SMILES string of the molecule is c1ccc(N(c2ccc(-c3cccc4ccccc34)cc2)c2cccc3oc4c5ccccc5ncc4c23)c(-c2ccc3ccccc3c2)c1. The largest absolute Gasteiger partial charge is 0.455 e. The van der Waals surface area contributed by atoms with Crippen LogP contribution in [0, 0.1) is 0 Å². The zero-order valence-corrected chi connectivity index (χ0v) is 27.1. The van der Waals surface area contributed by atoms with Gasteiger partial charge in [0.2, 0.25) is 0 Å². The molecular weight excluding hydrogens is 609 g/mol. The number of rotatable bonds is 5. The summed E-state index contributed by atoms with van der Waals surface area (Å²) in [6, 6.07) is 62.6. The van der Waals surface area contributed by atoms with E-state index in [1.165, 1.54) is 32.7 Å². The summed E-state index contributed by atoms with van der Waals surface area (Å²) in [5.41, 5.74) is 10.5. The molecule has 0 N–H and O–H groups in total. The molecule has 0 bridgehead atoms. The van der Waals surface area contributed by atoms with Crippen LogP contribution in [-0.2, 0) is 0 Å². The first kappa shape index (κ1) is 28.3. The van der Waals surface area contributed by atoms with Crippen LogP contribution >= 0.6 is 0 Å². The van der Waals surface area contributed by atoms with Gasteiger partial charge in [-0.2, -0.15) is 0 Å². The second-order valence-electron chi connectivity index (χ2n) is 12.8. The Morgan fingerprint density at radius 1 is 0.440 bits per heavy atom. The lowest BCUT2D eigenvalue weighted by atomic mass is 9.97. The van der Waals surface area contributed by atoms with Gasteiger partial charge in [-0.25, -0.2) is 0 Å². The van der Waals surface area contributed by atoms with Gasteiger partial charge >= 0.3 is 0 Å². The van der Waals surface area contributed by atoms with Crippen LogP contribution in [0.25, 0.3) is 76.6 Å². The molecule has 0 saturated carbocycles. The molecule has 0 saturated heterocycles. The molecule has 2 heterocycles. The third-order valence-electron chi connectivity index (χ3n) is 9.88. The van der Waals surface area contributed by atoms with Gasteiger partial charge in [0.15, 0.2) is 0 Å². The predicted octanol–water partition coefficient (Wildman–Crippen LogP) is 13.2. The number of hydrogen-bond acceptors (Lipinski definition) is 3. The fraction of sp³-hybridized carbons (Fsp3) is 0. The summed E-state index contributed by atoms with van der Waals surface area (Å²) in [6.07, 6.45) is 1.96. The van der Waals surface area contributed by atoms with Crippen LogP contribution in [0.15, 0.2) is 187 Å². The first-order valence-electron chi connectivity index (χ1n) is 17.0. The Hall–Kier alpha value is -6.71. The normalized spacial score (nSPS) is 11.6. The van der Waals surface area contributed by atoms with Crippen LogP contribution in [0.1, 0.15) is 0 Å². The molecule has 0 fully saturated rings. The lowest BCUT2D eigenvalue weighted by molar-refractivity contribution is 0.672. The zero-order chi connectivity index (χ0) is 33.0. The second-order valence-corrected chi connectivity index (χ2v) is 12.8. The predicted molar refractivity (Wildman–Crippen MR) is 210 cm³/mol. The van der Waals surface area contributed by atoms with Gasteiger partial charge in [0.1, 0.15) is 11.2 Å². The van der Waals surface area contributed by atoms with Gasteiger partial charge in [0.05, 0.1) is 22.3 Å². The fourth-order valence-electron chi connectivity index (χ4n) is 7.52. The van der Waals surface area contributed by atoms with Crippen molar-refractivity contribution in [1.29, 1.82) is 0 Å². The van der Waals surface area contributed by atoms with Crippen molar-refractivity contribution in [2.45, 2.75) is 0 Å². The van der Waals surface area contributed by atoms with E-state index in [2.05, 4.69) is 163 Å². The number of para-hydroxylation sites is 2. The Balaban J connectivity index is 1.22. The molecule has 3 nitrogen and oxygen atoms in total. The third-order valence-corrected chi connectivity index (χ3v) is 9.88. The number of hydrogen-bond donors (Lipinski definition) is 0. The second kappa shape index (κ2) is 11.5. The highest BCUT2D eigenvalue weighted by Gasteiger charge is 2.23. The average Bonchev–Trinajstić information content (AvgIpc) is 3.58. The summed E-state index contributed by atoms with van der Waals surface area (Å²) in [7, 11) is 0. The Morgan fingerprint density at radius 3 is 2.00 bits per heavy atom. The number of anilines is 3. The standard InChI is InChI=1S/C47H30N2O/c1-2-13-34-29-35(24-23-31(34)11-1)39-16-6-8-20-43(39)49(36-27-25-33(26-28-36)38-18-9-14-32-12-3-4-15-37(32)38)44-21-10-22-45-46(44)41-30-48-42-19-7-5-17-40(42)47(41)50-45/h1-30H. The van der Waals surface area contributed by atoms with Crippen molar-refractivity contribution in [3.8, 4) is 22.3 Å². The van der Waals surface area contributed by atoms with E-state index >= 15 is 0 Å². The smallest absolute Gasteiger partial charge is 0.146 e. The molecule has 2 aromatic heterocycles. The number of aromatic nitrogens is 1. The molecule has 8 aromatic carbocycles. The van der Waals surface area contributed by atoms with E-state index in [0.717, 1.165) is 61.0 Å². The van der Waals surface area contributed by atoms with Crippen LogP contribution in [0.2, 0.25) is 0 Å². The molecule has 0 unspecified atom stereocenters. The Labute approximate surface area is 289 Å². The molecule has 0 spiro atoms. The minimum absolute atomic E-state index is 0.830.